The Bertz CT molecular complexity index is 600. The van der Waals surface area contributed by atoms with Crippen LogP contribution < -0.4 is 0 Å². The molecule has 2 rings (SSSR count). The fourth-order valence-electron chi connectivity index (χ4n) is 2.04. The minimum atomic E-state index is -0.624. The van der Waals surface area contributed by atoms with Gasteiger partial charge in [-0.05, 0) is 49.2 Å². The number of halogens is 2. The highest BCUT2D eigenvalue weighted by molar-refractivity contribution is 9.10. The Kier molecular flexibility index (Phi) is 4.39. The summed E-state index contributed by atoms with van der Waals surface area (Å²) in [6, 6.07) is 13.9. The zero-order chi connectivity index (χ0) is 14.8. The zero-order valence-corrected chi connectivity index (χ0v) is 13.1. The van der Waals surface area contributed by atoms with Crippen LogP contribution in [0.4, 0.5) is 4.39 Å². The van der Waals surface area contributed by atoms with Crippen molar-refractivity contribution >= 4 is 21.7 Å². The number of Topliss-reactive ketones (excluding diaryl/α,β-unsaturated/α-hetero) is 1. The van der Waals surface area contributed by atoms with Crippen molar-refractivity contribution in [1.82, 2.24) is 0 Å². The molecule has 0 N–H and O–H groups in total. The molecule has 0 aromatic heterocycles. The van der Waals surface area contributed by atoms with Crippen molar-refractivity contribution < 1.29 is 9.18 Å². The van der Waals surface area contributed by atoms with Crippen LogP contribution in [0.1, 0.15) is 25.0 Å². The van der Waals surface area contributed by atoms with E-state index in [1.807, 2.05) is 38.1 Å². The zero-order valence-electron chi connectivity index (χ0n) is 11.5. The number of rotatable bonds is 4. The molecular formula is C17H16BrFO. The van der Waals surface area contributed by atoms with Gasteiger partial charge >= 0.3 is 0 Å². The molecule has 2 aromatic carbocycles. The average Bonchev–Trinajstić information content (AvgIpc) is 2.42. The summed E-state index contributed by atoms with van der Waals surface area (Å²) >= 11 is 3.37. The maximum atomic E-state index is 13.0. The van der Waals surface area contributed by atoms with Crippen LogP contribution in [0.2, 0.25) is 0 Å². The van der Waals surface area contributed by atoms with E-state index < -0.39 is 5.41 Å². The lowest BCUT2D eigenvalue weighted by atomic mass is 9.78. The number of carbonyl (C=O) groups is 1. The fraction of sp³-hybridized carbons (Fsp3) is 0.235. The molecule has 0 heterocycles. The molecule has 1 nitrogen and oxygen atoms in total. The molecule has 0 radical (unpaired) electrons. The van der Waals surface area contributed by atoms with E-state index in [2.05, 4.69) is 15.9 Å². The highest BCUT2D eigenvalue weighted by Crippen LogP contribution is 2.26. The van der Waals surface area contributed by atoms with Crippen molar-refractivity contribution in [2.45, 2.75) is 25.7 Å². The van der Waals surface area contributed by atoms with E-state index in [1.165, 1.54) is 12.1 Å². The van der Waals surface area contributed by atoms with E-state index >= 15 is 0 Å². The topological polar surface area (TPSA) is 17.1 Å². The van der Waals surface area contributed by atoms with Crippen LogP contribution in [0.5, 0.6) is 0 Å². The Labute approximate surface area is 127 Å². The summed E-state index contributed by atoms with van der Waals surface area (Å²) in [5.74, 6) is -0.170. The van der Waals surface area contributed by atoms with Gasteiger partial charge in [-0.15, -0.1) is 0 Å². The minimum absolute atomic E-state index is 0.117. The van der Waals surface area contributed by atoms with Crippen LogP contribution in [0.15, 0.2) is 53.0 Å². The normalized spacial score (nSPS) is 11.4. The van der Waals surface area contributed by atoms with E-state index in [0.717, 1.165) is 15.6 Å². The predicted molar refractivity (Wildman–Crippen MR) is 82.3 cm³/mol. The summed E-state index contributed by atoms with van der Waals surface area (Å²) in [5.41, 5.74) is 1.19. The molecule has 0 saturated heterocycles. The molecule has 20 heavy (non-hydrogen) atoms. The maximum absolute atomic E-state index is 13.0. The van der Waals surface area contributed by atoms with Gasteiger partial charge in [-0.1, -0.05) is 40.2 Å². The first-order valence-corrected chi connectivity index (χ1v) is 7.22. The molecule has 0 amide bonds. The van der Waals surface area contributed by atoms with Gasteiger partial charge in [0.05, 0.1) is 0 Å². The Hall–Kier alpha value is -1.48. The van der Waals surface area contributed by atoms with Gasteiger partial charge < -0.3 is 0 Å². The van der Waals surface area contributed by atoms with Crippen molar-refractivity contribution in [2.75, 3.05) is 0 Å². The highest BCUT2D eigenvalue weighted by Gasteiger charge is 2.29. The van der Waals surface area contributed by atoms with Crippen molar-refractivity contribution in [2.24, 2.45) is 0 Å². The molecule has 104 valence electrons. The van der Waals surface area contributed by atoms with Gasteiger partial charge in [0.2, 0.25) is 0 Å². The second-order valence-corrected chi connectivity index (χ2v) is 6.27. The third-order valence-corrected chi connectivity index (χ3v) is 4.07. The Morgan fingerprint density at radius 2 is 1.60 bits per heavy atom. The van der Waals surface area contributed by atoms with Gasteiger partial charge in [-0.2, -0.15) is 0 Å². The standard InChI is InChI=1S/C17H16BrFO/c1-17(2,13-5-9-15(19)10-6-13)16(20)11-12-3-7-14(18)8-4-12/h3-10H,11H2,1-2H3. The molecular weight excluding hydrogens is 319 g/mol. The molecule has 0 aliphatic heterocycles. The predicted octanol–water partition coefficient (Wildman–Crippen LogP) is 4.68. The third-order valence-electron chi connectivity index (χ3n) is 3.54. The van der Waals surface area contributed by atoms with Crippen LogP contribution in [0.3, 0.4) is 0 Å². The quantitative estimate of drug-likeness (QED) is 0.793. The fourth-order valence-corrected chi connectivity index (χ4v) is 2.30. The van der Waals surface area contributed by atoms with E-state index in [-0.39, 0.29) is 11.6 Å². The first-order chi connectivity index (χ1) is 9.39. The van der Waals surface area contributed by atoms with Crippen LogP contribution >= 0.6 is 15.9 Å². The molecule has 0 atom stereocenters. The highest BCUT2D eigenvalue weighted by atomic mass is 79.9. The van der Waals surface area contributed by atoms with E-state index in [0.29, 0.717) is 6.42 Å². The number of ketones is 1. The lowest BCUT2D eigenvalue weighted by Gasteiger charge is -2.23. The molecule has 0 fully saturated rings. The summed E-state index contributed by atoms with van der Waals surface area (Å²) < 4.78 is 14.0. The summed E-state index contributed by atoms with van der Waals surface area (Å²) in [6.45, 7) is 3.75. The van der Waals surface area contributed by atoms with Crippen molar-refractivity contribution in [1.29, 1.82) is 0 Å². The van der Waals surface area contributed by atoms with Gasteiger partial charge in [0, 0.05) is 16.3 Å². The Morgan fingerprint density at radius 3 is 2.15 bits per heavy atom. The van der Waals surface area contributed by atoms with E-state index in [4.69, 9.17) is 0 Å². The Balaban J connectivity index is 2.18. The SMILES string of the molecule is CC(C)(C(=O)Cc1ccc(Br)cc1)c1ccc(F)cc1. The molecule has 2 aromatic rings. The van der Waals surface area contributed by atoms with Crippen LogP contribution in [-0.4, -0.2) is 5.78 Å². The molecule has 0 aliphatic carbocycles. The first-order valence-electron chi connectivity index (χ1n) is 6.43. The van der Waals surface area contributed by atoms with Crippen molar-refractivity contribution in [3.63, 3.8) is 0 Å². The number of hydrogen-bond acceptors (Lipinski definition) is 1. The van der Waals surface area contributed by atoms with E-state index in [1.54, 1.807) is 12.1 Å². The molecule has 3 heteroatoms. The largest absolute Gasteiger partial charge is 0.298 e. The lowest BCUT2D eigenvalue weighted by Crippen LogP contribution is -2.30. The van der Waals surface area contributed by atoms with Crippen LogP contribution in [0.25, 0.3) is 0 Å². The smallest absolute Gasteiger partial charge is 0.147 e. The summed E-state index contributed by atoms with van der Waals surface area (Å²) in [5, 5.41) is 0. The van der Waals surface area contributed by atoms with Crippen molar-refractivity contribution in [3.8, 4) is 0 Å². The van der Waals surface area contributed by atoms with Gasteiger partial charge in [0.15, 0.2) is 0 Å². The number of hydrogen-bond donors (Lipinski definition) is 0. The average molecular weight is 335 g/mol. The van der Waals surface area contributed by atoms with Crippen LogP contribution in [0, 0.1) is 5.82 Å². The van der Waals surface area contributed by atoms with Gasteiger partial charge in [-0.3, -0.25) is 4.79 Å². The Morgan fingerprint density at radius 1 is 1.05 bits per heavy atom. The third kappa shape index (κ3) is 3.34. The van der Waals surface area contributed by atoms with E-state index in [9.17, 15) is 9.18 Å². The first kappa shape index (κ1) is 14.9. The lowest BCUT2D eigenvalue weighted by molar-refractivity contribution is -0.122. The monoisotopic (exact) mass is 334 g/mol. The van der Waals surface area contributed by atoms with Crippen molar-refractivity contribution in [3.05, 3.63) is 69.9 Å². The summed E-state index contributed by atoms with van der Waals surface area (Å²) in [6.07, 6.45) is 0.373. The number of benzene rings is 2. The van der Waals surface area contributed by atoms with Gasteiger partial charge in [-0.25, -0.2) is 4.39 Å². The molecule has 0 bridgehead atoms. The van der Waals surface area contributed by atoms with Gasteiger partial charge in [0.1, 0.15) is 11.6 Å². The summed E-state index contributed by atoms with van der Waals surface area (Å²) in [7, 11) is 0. The summed E-state index contributed by atoms with van der Waals surface area (Å²) in [4.78, 5) is 12.5. The molecule has 0 saturated carbocycles. The minimum Gasteiger partial charge on any atom is -0.298 e. The van der Waals surface area contributed by atoms with Gasteiger partial charge in [0.25, 0.3) is 0 Å². The molecule has 0 unspecified atom stereocenters. The molecule has 0 spiro atoms. The maximum Gasteiger partial charge on any atom is 0.147 e. The number of carbonyl (C=O) groups excluding carboxylic acids is 1. The second kappa shape index (κ2) is 5.88. The van der Waals surface area contributed by atoms with Crippen LogP contribution in [-0.2, 0) is 16.6 Å². The molecule has 0 aliphatic rings. The second-order valence-electron chi connectivity index (χ2n) is 5.36.